The molecule has 0 aliphatic carbocycles. The van der Waals surface area contributed by atoms with E-state index in [2.05, 4.69) is 0 Å². The molecule has 0 heterocycles. The first-order valence-corrected chi connectivity index (χ1v) is 5.79. The van der Waals surface area contributed by atoms with Crippen LogP contribution in [0.25, 0.3) is 0 Å². The molecule has 98 valence electrons. The second-order valence-corrected chi connectivity index (χ2v) is 4.24. The Morgan fingerprint density at radius 1 is 1.05 bits per heavy atom. The van der Waals surface area contributed by atoms with Crippen LogP contribution in [0.2, 0.25) is 0 Å². The number of carbonyl (C=O) groups is 1. The molecule has 0 aliphatic heterocycles. The maximum atomic E-state index is 13.5. The fourth-order valence-corrected chi connectivity index (χ4v) is 1.93. The Labute approximate surface area is 109 Å². The lowest BCUT2D eigenvalue weighted by atomic mass is 9.92. The molecule has 0 saturated carbocycles. The van der Waals surface area contributed by atoms with Crippen LogP contribution < -0.4 is 0 Å². The van der Waals surface area contributed by atoms with Crippen molar-refractivity contribution in [3.8, 4) is 0 Å². The number of halogens is 2. The molecule has 2 aromatic rings. The molecule has 0 amide bonds. The standard InChI is InChI=1S/C15H12F2O2/c16-12-7-5-10(6-8-12)13(15(18)19)9-11-3-1-2-4-14(11)17/h1-8,13H,9H2,(H,18,19). The summed E-state index contributed by atoms with van der Waals surface area (Å²) in [5.41, 5.74) is 0.788. The summed E-state index contributed by atoms with van der Waals surface area (Å²) < 4.78 is 26.4. The van der Waals surface area contributed by atoms with E-state index in [1.807, 2.05) is 0 Å². The number of hydrogen-bond donors (Lipinski definition) is 1. The Kier molecular flexibility index (Phi) is 3.90. The van der Waals surface area contributed by atoms with Gasteiger partial charge in [-0.25, -0.2) is 8.78 Å². The maximum Gasteiger partial charge on any atom is 0.311 e. The summed E-state index contributed by atoms with van der Waals surface area (Å²) in [4.78, 5) is 11.3. The SMILES string of the molecule is O=C(O)C(Cc1ccccc1F)c1ccc(F)cc1. The van der Waals surface area contributed by atoms with Crippen LogP contribution in [0.1, 0.15) is 17.0 Å². The van der Waals surface area contributed by atoms with Crippen molar-refractivity contribution < 1.29 is 18.7 Å². The van der Waals surface area contributed by atoms with Crippen molar-refractivity contribution in [3.05, 3.63) is 71.3 Å². The van der Waals surface area contributed by atoms with E-state index >= 15 is 0 Å². The Morgan fingerprint density at radius 2 is 1.68 bits per heavy atom. The van der Waals surface area contributed by atoms with Gasteiger partial charge in [0.05, 0.1) is 5.92 Å². The molecule has 2 nitrogen and oxygen atoms in total. The van der Waals surface area contributed by atoms with Crippen LogP contribution in [0, 0.1) is 11.6 Å². The molecule has 0 saturated heterocycles. The number of rotatable bonds is 4. The van der Waals surface area contributed by atoms with Gasteiger partial charge in [-0.1, -0.05) is 30.3 Å². The number of aliphatic carboxylic acids is 1. The number of carboxylic acid groups (broad SMARTS) is 1. The van der Waals surface area contributed by atoms with E-state index in [4.69, 9.17) is 0 Å². The Morgan fingerprint density at radius 3 is 2.26 bits per heavy atom. The fraction of sp³-hybridized carbons (Fsp3) is 0.133. The summed E-state index contributed by atoms with van der Waals surface area (Å²) in [6.45, 7) is 0. The van der Waals surface area contributed by atoms with Crippen molar-refractivity contribution >= 4 is 5.97 Å². The zero-order chi connectivity index (χ0) is 13.8. The van der Waals surface area contributed by atoms with Gasteiger partial charge in [-0.3, -0.25) is 4.79 Å². The highest BCUT2D eigenvalue weighted by atomic mass is 19.1. The molecule has 2 aromatic carbocycles. The highest BCUT2D eigenvalue weighted by Crippen LogP contribution is 2.23. The van der Waals surface area contributed by atoms with E-state index in [1.54, 1.807) is 18.2 Å². The minimum Gasteiger partial charge on any atom is -0.481 e. The first kappa shape index (κ1) is 13.2. The lowest BCUT2D eigenvalue weighted by Gasteiger charge is -2.13. The third kappa shape index (κ3) is 3.16. The largest absolute Gasteiger partial charge is 0.481 e. The predicted molar refractivity (Wildman–Crippen MR) is 66.9 cm³/mol. The summed E-state index contributed by atoms with van der Waals surface area (Å²) in [6.07, 6.45) is 0.0354. The van der Waals surface area contributed by atoms with Gasteiger partial charge in [-0.15, -0.1) is 0 Å². The molecule has 0 spiro atoms. The number of benzene rings is 2. The van der Waals surface area contributed by atoms with E-state index in [1.165, 1.54) is 30.3 Å². The molecule has 0 bridgehead atoms. The van der Waals surface area contributed by atoms with Crippen molar-refractivity contribution in [2.24, 2.45) is 0 Å². The Balaban J connectivity index is 2.29. The van der Waals surface area contributed by atoms with Crippen molar-refractivity contribution in [3.63, 3.8) is 0 Å². The van der Waals surface area contributed by atoms with E-state index < -0.39 is 23.5 Å². The van der Waals surface area contributed by atoms with Crippen LogP contribution in [0.4, 0.5) is 8.78 Å². The van der Waals surface area contributed by atoms with Gasteiger partial charge in [0.15, 0.2) is 0 Å². The third-order valence-electron chi connectivity index (χ3n) is 2.95. The van der Waals surface area contributed by atoms with Gasteiger partial charge in [0.25, 0.3) is 0 Å². The van der Waals surface area contributed by atoms with E-state index in [0.717, 1.165) is 0 Å². The van der Waals surface area contributed by atoms with Crippen LogP contribution in [0.5, 0.6) is 0 Å². The normalized spacial score (nSPS) is 12.1. The van der Waals surface area contributed by atoms with Gasteiger partial charge >= 0.3 is 5.97 Å². The van der Waals surface area contributed by atoms with Gasteiger partial charge in [0, 0.05) is 0 Å². The Bertz CT molecular complexity index is 579. The minimum absolute atomic E-state index is 0.0354. The average Bonchev–Trinajstić information content (AvgIpc) is 2.39. The summed E-state index contributed by atoms with van der Waals surface area (Å²) in [7, 11) is 0. The molecule has 0 radical (unpaired) electrons. The van der Waals surface area contributed by atoms with E-state index in [-0.39, 0.29) is 6.42 Å². The highest BCUT2D eigenvalue weighted by molar-refractivity contribution is 5.76. The zero-order valence-electron chi connectivity index (χ0n) is 10.0. The molecular formula is C15H12F2O2. The first-order chi connectivity index (χ1) is 9.08. The molecule has 1 unspecified atom stereocenters. The monoisotopic (exact) mass is 262 g/mol. The van der Waals surface area contributed by atoms with Gasteiger partial charge in [-0.2, -0.15) is 0 Å². The molecule has 2 rings (SSSR count). The molecular weight excluding hydrogens is 250 g/mol. The van der Waals surface area contributed by atoms with Crippen LogP contribution in [0.15, 0.2) is 48.5 Å². The molecule has 4 heteroatoms. The van der Waals surface area contributed by atoms with Crippen molar-refractivity contribution in [1.82, 2.24) is 0 Å². The summed E-state index contributed by atoms with van der Waals surface area (Å²) in [5, 5.41) is 9.23. The number of hydrogen-bond acceptors (Lipinski definition) is 1. The molecule has 0 aliphatic rings. The second-order valence-electron chi connectivity index (χ2n) is 4.24. The van der Waals surface area contributed by atoms with Crippen LogP contribution in [0.3, 0.4) is 0 Å². The smallest absolute Gasteiger partial charge is 0.311 e. The first-order valence-electron chi connectivity index (χ1n) is 5.79. The van der Waals surface area contributed by atoms with Gasteiger partial charge in [0.1, 0.15) is 11.6 Å². The summed E-state index contributed by atoms with van der Waals surface area (Å²) >= 11 is 0. The quantitative estimate of drug-likeness (QED) is 0.917. The zero-order valence-corrected chi connectivity index (χ0v) is 10.0. The summed E-state index contributed by atoms with van der Waals surface area (Å²) in [5.74, 6) is -2.82. The highest BCUT2D eigenvalue weighted by Gasteiger charge is 2.21. The molecule has 1 atom stereocenters. The minimum atomic E-state index is -1.06. The number of carboxylic acids is 1. The molecule has 0 aromatic heterocycles. The maximum absolute atomic E-state index is 13.5. The van der Waals surface area contributed by atoms with E-state index in [9.17, 15) is 18.7 Å². The van der Waals surface area contributed by atoms with Crippen LogP contribution in [-0.4, -0.2) is 11.1 Å². The van der Waals surface area contributed by atoms with Crippen LogP contribution in [-0.2, 0) is 11.2 Å². The molecule has 0 fully saturated rings. The fourth-order valence-electron chi connectivity index (χ4n) is 1.93. The Hall–Kier alpha value is -2.23. The molecule has 1 N–H and O–H groups in total. The van der Waals surface area contributed by atoms with Crippen molar-refractivity contribution in [2.75, 3.05) is 0 Å². The third-order valence-corrected chi connectivity index (χ3v) is 2.95. The van der Waals surface area contributed by atoms with Gasteiger partial charge in [0.2, 0.25) is 0 Å². The summed E-state index contributed by atoms with van der Waals surface area (Å²) in [6, 6.07) is 11.3. The molecule has 19 heavy (non-hydrogen) atoms. The van der Waals surface area contributed by atoms with Crippen molar-refractivity contribution in [1.29, 1.82) is 0 Å². The predicted octanol–water partition coefficient (Wildman–Crippen LogP) is 3.38. The second kappa shape index (κ2) is 5.61. The topological polar surface area (TPSA) is 37.3 Å². The van der Waals surface area contributed by atoms with Crippen molar-refractivity contribution in [2.45, 2.75) is 12.3 Å². The van der Waals surface area contributed by atoms with Crippen LogP contribution >= 0.6 is 0 Å². The van der Waals surface area contributed by atoms with E-state index in [0.29, 0.717) is 11.1 Å². The lowest BCUT2D eigenvalue weighted by Crippen LogP contribution is -2.15. The van der Waals surface area contributed by atoms with Gasteiger partial charge < -0.3 is 5.11 Å². The average molecular weight is 262 g/mol. The van der Waals surface area contributed by atoms with Gasteiger partial charge in [-0.05, 0) is 35.7 Å². The lowest BCUT2D eigenvalue weighted by molar-refractivity contribution is -0.138.